The fourth-order valence-electron chi connectivity index (χ4n) is 8.91. The number of aryl methyl sites for hydroxylation is 2. The van der Waals surface area contributed by atoms with Gasteiger partial charge in [0, 0.05) is 35.6 Å². The third-order valence-electron chi connectivity index (χ3n) is 11.4. The lowest BCUT2D eigenvalue weighted by atomic mass is 9.85. The van der Waals surface area contributed by atoms with Gasteiger partial charge in [0.25, 0.3) is 0 Å². The van der Waals surface area contributed by atoms with Crippen LogP contribution in [0, 0.1) is 13.8 Å². The van der Waals surface area contributed by atoms with Crippen molar-refractivity contribution in [3.63, 3.8) is 0 Å². The fourth-order valence-corrected chi connectivity index (χ4v) is 8.91. The summed E-state index contributed by atoms with van der Waals surface area (Å²) in [4.78, 5) is 75.8. The zero-order valence-electron chi connectivity index (χ0n) is 36.8. The Balaban J connectivity index is 0.000000186. The number of ketones is 1. The second-order valence-corrected chi connectivity index (χ2v) is 18.5. The van der Waals surface area contributed by atoms with E-state index in [1.165, 1.54) is 24.0 Å². The van der Waals surface area contributed by atoms with Crippen molar-refractivity contribution in [2.45, 2.75) is 122 Å². The molecule has 2 fully saturated rings. The van der Waals surface area contributed by atoms with Gasteiger partial charge in [-0.15, -0.1) is 0 Å². The molecule has 8 rings (SSSR count). The van der Waals surface area contributed by atoms with E-state index in [1.54, 1.807) is 48.5 Å². The molecular weight excluding hydrogens is 801 g/mol. The van der Waals surface area contributed by atoms with E-state index in [-0.39, 0.29) is 44.6 Å². The number of esters is 2. The van der Waals surface area contributed by atoms with Gasteiger partial charge in [-0.1, -0.05) is 36.4 Å². The maximum atomic E-state index is 13.3. The van der Waals surface area contributed by atoms with Crippen LogP contribution in [0.25, 0.3) is 21.8 Å². The minimum Gasteiger partial charge on any atom is -0.483 e. The van der Waals surface area contributed by atoms with Gasteiger partial charge in [-0.05, 0) is 67.5 Å². The van der Waals surface area contributed by atoms with E-state index < -0.39 is 64.7 Å². The molecule has 0 bridgehead atoms. The van der Waals surface area contributed by atoms with Gasteiger partial charge in [0.1, 0.15) is 40.2 Å². The quantitative estimate of drug-likeness (QED) is 0.165. The van der Waals surface area contributed by atoms with Crippen molar-refractivity contribution in [1.29, 1.82) is 0 Å². The number of rotatable bonds is 2. The maximum Gasteiger partial charge on any atom is 0.411 e. The number of carbonyl (C=O) groups is 5. The highest BCUT2D eigenvalue weighted by Crippen LogP contribution is 2.49. The van der Waals surface area contributed by atoms with Crippen LogP contribution in [-0.4, -0.2) is 117 Å². The average molecular weight is 855 g/mol. The third kappa shape index (κ3) is 8.44. The summed E-state index contributed by atoms with van der Waals surface area (Å²) in [5, 5.41) is 12.7. The number of hydrogen-bond donors (Lipinski definition) is 1. The molecule has 16 nitrogen and oxygen atoms in total. The van der Waals surface area contributed by atoms with Crippen LogP contribution in [0.1, 0.15) is 101 Å². The topological polar surface area (TPSA) is 193 Å². The van der Waals surface area contributed by atoms with Gasteiger partial charge in [0.15, 0.2) is 11.5 Å². The fraction of sp³-hybridized carbons (Fsp3) is 0.500. The molecule has 4 aliphatic rings. The molecule has 3 unspecified atom stereocenters. The summed E-state index contributed by atoms with van der Waals surface area (Å²) in [7, 11) is 2.55. The van der Waals surface area contributed by atoms with Crippen LogP contribution in [0.15, 0.2) is 48.5 Å². The monoisotopic (exact) mass is 854 g/mol. The lowest BCUT2D eigenvalue weighted by Gasteiger charge is -2.39. The number of aliphatic hydroxyl groups excluding tert-OH is 1. The second kappa shape index (κ2) is 16.0. The number of pyridine rings is 2. The molecule has 2 spiro atoms. The smallest absolute Gasteiger partial charge is 0.411 e. The molecule has 0 saturated carbocycles. The third-order valence-corrected chi connectivity index (χ3v) is 11.4. The zero-order chi connectivity index (χ0) is 45.1. The molecule has 2 aromatic heterocycles. The van der Waals surface area contributed by atoms with Crippen molar-refractivity contribution in [2.24, 2.45) is 0 Å². The average Bonchev–Trinajstić information content (AvgIpc) is 3.75. The van der Waals surface area contributed by atoms with E-state index >= 15 is 0 Å². The standard InChI is InChI=1S/C23H28N2O6.C23H26N2O6/c2*1-13-19-18(14-8-6-7-9-15(14)24-13)17(26)11-23(30-19)10-16(20(27)29-5)25(12-23)21(28)31-22(2,3)4/h6-9,16-17,26H,10-12H2,1-5H3;6-9,16H,10-12H2,1-5H3/t16-,17?,23?;16-,23?/m00/s1. The van der Waals surface area contributed by atoms with Crippen LogP contribution in [-0.2, 0) is 28.5 Å². The van der Waals surface area contributed by atoms with E-state index in [1.807, 2.05) is 55.5 Å². The van der Waals surface area contributed by atoms with E-state index in [2.05, 4.69) is 9.97 Å². The van der Waals surface area contributed by atoms with Gasteiger partial charge in [-0.25, -0.2) is 29.1 Å². The van der Waals surface area contributed by atoms with Crippen LogP contribution in [0.4, 0.5) is 9.59 Å². The minimum absolute atomic E-state index is 0.0408. The van der Waals surface area contributed by atoms with Crippen molar-refractivity contribution in [1.82, 2.24) is 19.8 Å². The summed E-state index contributed by atoms with van der Waals surface area (Å²) in [6, 6.07) is 13.3. The first kappa shape index (κ1) is 44.0. The van der Waals surface area contributed by atoms with Crippen molar-refractivity contribution in [3.05, 3.63) is 71.0 Å². The number of methoxy groups -OCH3 is 2. The van der Waals surface area contributed by atoms with Crippen LogP contribution in [0.5, 0.6) is 11.5 Å². The Morgan fingerprint density at radius 2 is 1.15 bits per heavy atom. The van der Waals surface area contributed by atoms with Gasteiger partial charge in [0.2, 0.25) is 0 Å². The molecule has 1 N–H and O–H groups in total. The number of likely N-dealkylation sites (tertiary alicyclic amines) is 2. The summed E-state index contributed by atoms with van der Waals surface area (Å²) < 4.78 is 33.7. The molecule has 2 amide bonds. The number of amides is 2. The number of nitrogens with zero attached hydrogens (tertiary/aromatic N) is 4. The van der Waals surface area contributed by atoms with Crippen molar-refractivity contribution in [3.8, 4) is 11.5 Å². The molecule has 62 heavy (non-hydrogen) atoms. The van der Waals surface area contributed by atoms with Crippen molar-refractivity contribution < 1.29 is 57.5 Å². The van der Waals surface area contributed by atoms with Gasteiger partial charge in [0.05, 0.1) is 67.8 Å². The molecule has 2 aromatic carbocycles. The normalized spacial score (nSPS) is 24.1. The zero-order valence-corrected chi connectivity index (χ0v) is 36.8. The van der Waals surface area contributed by atoms with E-state index in [9.17, 15) is 29.1 Å². The number of fused-ring (bicyclic) bond motifs is 6. The molecular formula is C46H54N4O12. The first-order valence-corrected chi connectivity index (χ1v) is 20.6. The van der Waals surface area contributed by atoms with E-state index in [0.29, 0.717) is 34.0 Å². The van der Waals surface area contributed by atoms with Gasteiger partial charge in [-0.3, -0.25) is 14.6 Å². The van der Waals surface area contributed by atoms with Crippen molar-refractivity contribution in [2.75, 3.05) is 27.3 Å². The molecule has 330 valence electrons. The molecule has 2 saturated heterocycles. The Kier molecular flexibility index (Phi) is 11.4. The Bertz CT molecular complexity index is 2480. The van der Waals surface area contributed by atoms with Crippen LogP contribution in [0.3, 0.4) is 0 Å². The molecule has 0 radical (unpaired) electrons. The molecule has 4 aliphatic heterocycles. The number of Topliss-reactive ketones (excluding diaryl/α,β-unsaturated/α-hetero) is 1. The SMILES string of the molecule is COC(=O)[C@@H]1CC2(CC(=O)c3c(c(C)nc4ccccc34)O2)CN1C(=O)OC(C)(C)C.COC(=O)[C@@H]1CC2(CC(O)c3c(c(C)nc4ccccc34)O2)CN1C(=O)OC(C)(C)C. The Morgan fingerprint density at radius 3 is 1.68 bits per heavy atom. The molecule has 16 heteroatoms. The lowest BCUT2D eigenvalue weighted by molar-refractivity contribution is -0.146. The highest BCUT2D eigenvalue weighted by atomic mass is 16.6. The lowest BCUT2D eigenvalue weighted by Crippen LogP contribution is -2.47. The first-order valence-electron chi connectivity index (χ1n) is 20.6. The highest BCUT2D eigenvalue weighted by molar-refractivity contribution is 6.11. The minimum atomic E-state index is -1.05. The predicted molar refractivity (Wildman–Crippen MR) is 225 cm³/mol. The van der Waals surface area contributed by atoms with Gasteiger partial charge >= 0.3 is 24.1 Å². The van der Waals surface area contributed by atoms with E-state index in [0.717, 1.165) is 21.8 Å². The number of aliphatic hydroxyl groups is 1. The largest absolute Gasteiger partial charge is 0.483 e. The number of carbonyl (C=O) groups excluding carboxylic acids is 5. The van der Waals surface area contributed by atoms with Crippen LogP contribution < -0.4 is 9.47 Å². The Labute approximate surface area is 359 Å². The summed E-state index contributed by atoms with van der Waals surface area (Å²) in [6.07, 6.45) is -1.47. The Hall–Kier alpha value is -6.03. The maximum absolute atomic E-state index is 13.3. The summed E-state index contributed by atoms with van der Waals surface area (Å²) in [6.45, 7) is 14.3. The van der Waals surface area contributed by atoms with Crippen molar-refractivity contribution >= 4 is 51.7 Å². The number of ether oxygens (including phenoxy) is 6. The van der Waals surface area contributed by atoms with Crippen LogP contribution >= 0.6 is 0 Å². The summed E-state index contributed by atoms with van der Waals surface area (Å²) >= 11 is 0. The first-order chi connectivity index (χ1) is 29.1. The molecule has 5 atom stereocenters. The Morgan fingerprint density at radius 1 is 0.694 bits per heavy atom. The molecule has 0 aliphatic carbocycles. The number of para-hydroxylation sites is 2. The van der Waals surface area contributed by atoms with Gasteiger partial charge < -0.3 is 33.5 Å². The highest BCUT2D eigenvalue weighted by Gasteiger charge is 2.57. The number of aromatic nitrogens is 2. The van der Waals surface area contributed by atoms with Crippen LogP contribution in [0.2, 0.25) is 0 Å². The summed E-state index contributed by atoms with van der Waals surface area (Å²) in [5.41, 5.74) is 0.496. The predicted octanol–water partition coefficient (Wildman–Crippen LogP) is 6.71. The molecule has 4 aromatic rings. The second-order valence-electron chi connectivity index (χ2n) is 18.5. The number of benzene rings is 2. The summed E-state index contributed by atoms with van der Waals surface area (Å²) in [5.74, 6) is -0.299. The van der Waals surface area contributed by atoms with E-state index in [4.69, 9.17) is 28.4 Å². The molecule has 6 heterocycles. The van der Waals surface area contributed by atoms with Gasteiger partial charge in [-0.2, -0.15) is 0 Å². The number of hydrogen-bond acceptors (Lipinski definition) is 14.